The maximum absolute atomic E-state index is 11.5. The molecule has 0 saturated heterocycles. The fraction of sp³-hybridized carbons (Fsp3) is 0.600. The molecule has 0 aliphatic carbocycles. The number of aromatic amines is 1. The van der Waals surface area contributed by atoms with E-state index in [4.69, 9.17) is 5.73 Å². The maximum atomic E-state index is 11.5. The molecule has 1 aromatic rings. The number of nitrogens with two attached hydrogens (primary N) is 1. The minimum atomic E-state index is -0.472. The summed E-state index contributed by atoms with van der Waals surface area (Å²) in [4.78, 5) is 25.1. The quantitative estimate of drug-likeness (QED) is 0.684. The van der Waals surface area contributed by atoms with Gasteiger partial charge in [-0.05, 0) is 12.8 Å². The molecule has 0 bridgehead atoms. The molecule has 16 heavy (non-hydrogen) atoms. The normalized spacial score (nSPS) is 10.8. The Morgan fingerprint density at radius 2 is 2.06 bits per heavy atom. The van der Waals surface area contributed by atoms with E-state index in [1.807, 2.05) is 13.8 Å². The van der Waals surface area contributed by atoms with Crippen molar-refractivity contribution in [2.45, 2.75) is 27.3 Å². The Kier molecular flexibility index (Phi) is 3.76. The number of aromatic nitrogens is 2. The minimum Gasteiger partial charge on any atom is -0.383 e. The van der Waals surface area contributed by atoms with E-state index in [1.165, 1.54) is 4.57 Å². The number of hydrogen-bond acceptors (Lipinski definition) is 4. The van der Waals surface area contributed by atoms with Gasteiger partial charge in [0.15, 0.2) is 0 Å². The SMILES string of the molecule is CCn1c(N)c(NCC(C)C)c(=O)[nH]c1=O. The number of H-pyrrole nitrogens is 1. The highest BCUT2D eigenvalue weighted by Crippen LogP contribution is 2.10. The van der Waals surface area contributed by atoms with Crippen LogP contribution in [0.2, 0.25) is 0 Å². The Bertz CT molecular complexity index is 473. The lowest BCUT2D eigenvalue weighted by Crippen LogP contribution is -2.34. The first-order chi connectivity index (χ1) is 7.47. The second kappa shape index (κ2) is 4.87. The van der Waals surface area contributed by atoms with Crippen molar-refractivity contribution < 1.29 is 0 Å². The van der Waals surface area contributed by atoms with Gasteiger partial charge in [0.25, 0.3) is 5.56 Å². The zero-order valence-electron chi connectivity index (χ0n) is 9.83. The van der Waals surface area contributed by atoms with Crippen LogP contribution < -0.4 is 22.3 Å². The smallest absolute Gasteiger partial charge is 0.330 e. The van der Waals surface area contributed by atoms with Gasteiger partial charge in [0, 0.05) is 13.1 Å². The van der Waals surface area contributed by atoms with E-state index >= 15 is 0 Å². The van der Waals surface area contributed by atoms with Crippen LogP contribution in [0.5, 0.6) is 0 Å². The van der Waals surface area contributed by atoms with Crippen molar-refractivity contribution in [1.82, 2.24) is 9.55 Å². The molecule has 90 valence electrons. The summed E-state index contributed by atoms with van der Waals surface area (Å²) in [6.45, 7) is 6.90. The first kappa shape index (κ1) is 12.4. The van der Waals surface area contributed by atoms with E-state index in [1.54, 1.807) is 6.92 Å². The number of hydrogen-bond donors (Lipinski definition) is 3. The largest absolute Gasteiger partial charge is 0.383 e. The minimum absolute atomic E-state index is 0.192. The van der Waals surface area contributed by atoms with Crippen molar-refractivity contribution >= 4 is 11.5 Å². The molecule has 1 aromatic heterocycles. The summed E-state index contributed by atoms with van der Waals surface area (Å²) in [5.41, 5.74) is 5.10. The molecule has 1 rings (SSSR count). The molecule has 0 unspecified atom stereocenters. The monoisotopic (exact) mass is 226 g/mol. The van der Waals surface area contributed by atoms with Gasteiger partial charge in [-0.1, -0.05) is 13.8 Å². The van der Waals surface area contributed by atoms with Crippen LogP contribution in [0.15, 0.2) is 9.59 Å². The predicted molar refractivity (Wildman–Crippen MR) is 64.7 cm³/mol. The molecule has 0 fully saturated rings. The predicted octanol–water partition coefficient (Wildman–Crippen LogP) is 0.207. The van der Waals surface area contributed by atoms with Gasteiger partial charge < -0.3 is 11.1 Å². The molecular formula is C10H18N4O2. The average Bonchev–Trinajstić information content (AvgIpc) is 2.16. The fourth-order valence-electron chi connectivity index (χ4n) is 1.38. The van der Waals surface area contributed by atoms with E-state index < -0.39 is 11.2 Å². The van der Waals surface area contributed by atoms with E-state index in [2.05, 4.69) is 10.3 Å². The molecule has 0 spiro atoms. The van der Waals surface area contributed by atoms with Gasteiger partial charge in [0.05, 0.1) is 0 Å². The Balaban J connectivity index is 3.18. The van der Waals surface area contributed by atoms with Gasteiger partial charge in [-0.15, -0.1) is 0 Å². The molecule has 1 heterocycles. The first-order valence-electron chi connectivity index (χ1n) is 5.33. The molecule has 0 atom stereocenters. The van der Waals surface area contributed by atoms with Crippen molar-refractivity contribution in [2.24, 2.45) is 5.92 Å². The fourth-order valence-corrected chi connectivity index (χ4v) is 1.38. The lowest BCUT2D eigenvalue weighted by Gasteiger charge is -2.13. The van der Waals surface area contributed by atoms with Gasteiger partial charge >= 0.3 is 5.69 Å². The number of rotatable bonds is 4. The molecule has 0 aliphatic rings. The summed E-state index contributed by atoms with van der Waals surface area (Å²) < 4.78 is 1.32. The standard InChI is InChI=1S/C10H18N4O2/c1-4-14-8(11)7(12-5-6(2)3)9(15)13-10(14)16/h6,12H,4-5,11H2,1-3H3,(H,13,15,16). The van der Waals surface area contributed by atoms with Crippen molar-refractivity contribution in [3.63, 3.8) is 0 Å². The third-order valence-electron chi connectivity index (χ3n) is 2.24. The molecule has 0 amide bonds. The van der Waals surface area contributed by atoms with Crippen molar-refractivity contribution in [2.75, 3.05) is 17.6 Å². The second-order valence-electron chi connectivity index (χ2n) is 4.04. The van der Waals surface area contributed by atoms with Crippen molar-refractivity contribution in [3.8, 4) is 0 Å². The third kappa shape index (κ3) is 2.44. The van der Waals surface area contributed by atoms with Crippen LogP contribution in [0.1, 0.15) is 20.8 Å². The lowest BCUT2D eigenvalue weighted by atomic mass is 10.2. The van der Waals surface area contributed by atoms with Crippen LogP contribution in [-0.4, -0.2) is 16.1 Å². The van der Waals surface area contributed by atoms with Gasteiger partial charge in [-0.25, -0.2) is 4.79 Å². The van der Waals surface area contributed by atoms with E-state index in [0.29, 0.717) is 19.0 Å². The zero-order valence-corrected chi connectivity index (χ0v) is 9.83. The number of nitrogen functional groups attached to an aromatic ring is 1. The average molecular weight is 226 g/mol. The van der Waals surface area contributed by atoms with Crippen LogP contribution in [0.25, 0.3) is 0 Å². The molecular weight excluding hydrogens is 208 g/mol. The van der Waals surface area contributed by atoms with Crippen molar-refractivity contribution in [3.05, 3.63) is 20.8 Å². The van der Waals surface area contributed by atoms with Crippen LogP contribution in [0, 0.1) is 5.92 Å². The Hall–Kier alpha value is -1.72. The molecule has 4 N–H and O–H groups in total. The lowest BCUT2D eigenvalue weighted by molar-refractivity contribution is 0.679. The molecule has 0 aliphatic heterocycles. The summed E-state index contributed by atoms with van der Waals surface area (Å²) in [5.74, 6) is 0.581. The van der Waals surface area contributed by atoms with Gasteiger partial charge in [-0.2, -0.15) is 0 Å². The summed E-state index contributed by atoms with van der Waals surface area (Å²) in [7, 11) is 0. The summed E-state index contributed by atoms with van der Waals surface area (Å²) >= 11 is 0. The van der Waals surface area contributed by atoms with Gasteiger partial charge in [-0.3, -0.25) is 14.3 Å². The summed E-state index contributed by atoms with van der Waals surface area (Å²) in [5, 5.41) is 2.95. The Labute approximate surface area is 93.5 Å². The Morgan fingerprint density at radius 1 is 1.44 bits per heavy atom. The van der Waals surface area contributed by atoms with Crippen LogP contribution in [0.3, 0.4) is 0 Å². The molecule has 0 radical (unpaired) electrons. The van der Waals surface area contributed by atoms with Crippen LogP contribution in [0.4, 0.5) is 11.5 Å². The number of nitrogens with one attached hydrogen (secondary N) is 2. The molecule has 0 aromatic carbocycles. The first-order valence-corrected chi connectivity index (χ1v) is 5.33. The maximum Gasteiger partial charge on any atom is 0.330 e. The van der Waals surface area contributed by atoms with Gasteiger partial charge in [0.2, 0.25) is 0 Å². The highest BCUT2D eigenvalue weighted by atomic mass is 16.2. The molecule has 6 heteroatoms. The Morgan fingerprint density at radius 3 is 2.56 bits per heavy atom. The number of nitrogens with zero attached hydrogens (tertiary/aromatic N) is 1. The van der Waals surface area contributed by atoms with E-state index in [-0.39, 0.29) is 11.5 Å². The number of anilines is 2. The van der Waals surface area contributed by atoms with E-state index in [9.17, 15) is 9.59 Å². The summed E-state index contributed by atoms with van der Waals surface area (Å²) in [6.07, 6.45) is 0. The topological polar surface area (TPSA) is 92.9 Å². The highest BCUT2D eigenvalue weighted by Gasteiger charge is 2.10. The molecule has 0 saturated carbocycles. The van der Waals surface area contributed by atoms with Crippen molar-refractivity contribution in [1.29, 1.82) is 0 Å². The third-order valence-corrected chi connectivity index (χ3v) is 2.24. The molecule has 6 nitrogen and oxygen atoms in total. The zero-order chi connectivity index (χ0) is 12.3. The van der Waals surface area contributed by atoms with Crippen LogP contribution in [-0.2, 0) is 6.54 Å². The van der Waals surface area contributed by atoms with Crippen LogP contribution >= 0.6 is 0 Å². The second-order valence-corrected chi connectivity index (χ2v) is 4.04. The highest BCUT2D eigenvalue weighted by molar-refractivity contribution is 5.60. The van der Waals surface area contributed by atoms with Gasteiger partial charge in [0.1, 0.15) is 11.5 Å². The van der Waals surface area contributed by atoms with E-state index in [0.717, 1.165) is 0 Å². The summed E-state index contributed by atoms with van der Waals surface area (Å²) in [6, 6.07) is 0.